The molecule has 2 rings (SSSR count). The molecule has 0 radical (unpaired) electrons. The van der Waals surface area contributed by atoms with Crippen LogP contribution in [-0.2, 0) is 6.18 Å². The van der Waals surface area contributed by atoms with E-state index >= 15 is 0 Å². The van der Waals surface area contributed by atoms with Crippen molar-refractivity contribution >= 4 is 45.1 Å². The van der Waals surface area contributed by atoms with Gasteiger partial charge in [0.1, 0.15) is 3.82 Å². The summed E-state index contributed by atoms with van der Waals surface area (Å²) in [6.45, 7) is 0. The lowest BCUT2D eigenvalue weighted by Gasteiger charge is -2.05. The smallest absolute Gasteiger partial charge is 0.166 e. The summed E-state index contributed by atoms with van der Waals surface area (Å²) < 4.78 is 37.9. The van der Waals surface area contributed by atoms with Crippen LogP contribution in [0.2, 0.25) is 0 Å². The summed E-state index contributed by atoms with van der Waals surface area (Å²) in [6.07, 6.45) is -0.665. The Bertz CT molecular complexity index is 602. The molecule has 2 aromatic rings. The van der Waals surface area contributed by atoms with Gasteiger partial charge in [-0.25, -0.2) is 0 Å². The highest BCUT2D eigenvalue weighted by molar-refractivity contribution is 7.79. The normalized spacial score (nSPS) is 12.2. The molecule has 0 fully saturated rings. The zero-order valence-corrected chi connectivity index (χ0v) is 11.3. The first-order chi connectivity index (χ1) is 8.45. The van der Waals surface area contributed by atoms with Crippen LogP contribution in [0.4, 0.5) is 13.2 Å². The summed E-state index contributed by atoms with van der Waals surface area (Å²) in [7, 11) is 3.05. The lowest BCUT2D eigenvalue weighted by molar-refractivity contribution is -0.137. The van der Waals surface area contributed by atoms with Crippen LogP contribution in [0.25, 0.3) is 12.2 Å². The van der Waals surface area contributed by atoms with Crippen LogP contribution in [-0.4, -0.2) is 0 Å². The van der Waals surface area contributed by atoms with Crippen LogP contribution in [0, 0.1) is 3.82 Å². The van der Waals surface area contributed by atoms with E-state index in [1.807, 2.05) is 12.1 Å². The van der Waals surface area contributed by atoms with Crippen molar-refractivity contribution in [2.75, 3.05) is 0 Å². The zero-order valence-electron chi connectivity index (χ0n) is 8.90. The van der Waals surface area contributed by atoms with Crippen LogP contribution in [0.15, 0.2) is 30.3 Å². The summed E-state index contributed by atoms with van der Waals surface area (Å²) in [5.74, 6) is 0. The van der Waals surface area contributed by atoms with E-state index in [0.717, 1.165) is 26.4 Å². The third-order valence-corrected chi connectivity index (χ3v) is 5.02. The molecule has 0 bridgehead atoms. The molecule has 18 heavy (non-hydrogen) atoms. The molecule has 1 aromatic heterocycles. The van der Waals surface area contributed by atoms with Gasteiger partial charge in [0.15, 0.2) is 0 Å². The molecule has 0 amide bonds. The van der Waals surface area contributed by atoms with Gasteiger partial charge in [0.25, 0.3) is 0 Å². The Labute approximate surface area is 114 Å². The second-order valence-electron chi connectivity index (χ2n) is 3.49. The minimum absolute atomic E-state index is 0.633. The molecule has 0 aliphatic rings. The van der Waals surface area contributed by atoms with Crippen molar-refractivity contribution in [2.45, 2.75) is 6.18 Å². The first-order valence-corrected chi connectivity index (χ1v) is 7.46. The Balaban J connectivity index is 2.16. The van der Waals surface area contributed by atoms with Crippen molar-refractivity contribution in [2.24, 2.45) is 0 Å². The van der Waals surface area contributed by atoms with Crippen molar-refractivity contribution in [3.8, 4) is 0 Å². The van der Waals surface area contributed by atoms with Crippen LogP contribution in [0.5, 0.6) is 0 Å². The van der Waals surface area contributed by atoms with Crippen molar-refractivity contribution in [1.29, 1.82) is 0 Å². The van der Waals surface area contributed by atoms with E-state index < -0.39 is 11.7 Å². The molecule has 0 aliphatic carbocycles. The molecule has 0 aliphatic heterocycles. The second kappa shape index (κ2) is 5.34. The fourth-order valence-electron chi connectivity index (χ4n) is 1.29. The Hall–Kier alpha value is -0.980. The standard InChI is InChI=1S/C12H7F3S3/c13-12(14,15)9-4-1-8(2-5-9)3-6-10-7-11(16)18-17-10/h1-7H. The first-order valence-electron chi connectivity index (χ1n) is 4.91. The van der Waals surface area contributed by atoms with Gasteiger partial charge in [-0.2, -0.15) is 13.2 Å². The number of hydrogen-bond acceptors (Lipinski definition) is 3. The summed E-state index contributed by atoms with van der Waals surface area (Å²) >= 11 is 4.99. The van der Waals surface area contributed by atoms with Crippen molar-refractivity contribution < 1.29 is 13.2 Å². The van der Waals surface area contributed by atoms with Crippen LogP contribution >= 0.6 is 32.9 Å². The van der Waals surface area contributed by atoms with Crippen LogP contribution in [0.1, 0.15) is 16.0 Å². The Morgan fingerprint density at radius 1 is 1.00 bits per heavy atom. The molecule has 94 valence electrons. The largest absolute Gasteiger partial charge is 0.416 e. The molecule has 0 nitrogen and oxygen atoms in total. The number of alkyl halides is 3. The summed E-state index contributed by atoms with van der Waals surface area (Å²) in [5, 5.41) is 0. The lowest BCUT2D eigenvalue weighted by atomic mass is 10.1. The van der Waals surface area contributed by atoms with Crippen molar-refractivity contribution in [1.82, 2.24) is 0 Å². The molecule has 0 spiro atoms. The Morgan fingerprint density at radius 3 is 2.17 bits per heavy atom. The zero-order chi connectivity index (χ0) is 13.2. The number of benzene rings is 1. The quantitative estimate of drug-likeness (QED) is 0.504. The summed E-state index contributed by atoms with van der Waals surface area (Å²) in [4.78, 5) is 1.00. The van der Waals surface area contributed by atoms with E-state index in [2.05, 4.69) is 0 Å². The van der Waals surface area contributed by atoms with E-state index in [9.17, 15) is 13.2 Å². The fraction of sp³-hybridized carbons (Fsp3) is 0.0833. The third-order valence-electron chi connectivity index (χ3n) is 2.16. The molecule has 0 saturated carbocycles. The molecule has 1 aromatic carbocycles. The molecule has 0 N–H and O–H groups in total. The van der Waals surface area contributed by atoms with Gasteiger partial charge in [-0.1, -0.05) is 51.1 Å². The topological polar surface area (TPSA) is 0 Å². The van der Waals surface area contributed by atoms with Gasteiger partial charge in [0, 0.05) is 4.88 Å². The van der Waals surface area contributed by atoms with Gasteiger partial charge in [0.2, 0.25) is 0 Å². The molecular formula is C12H7F3S3. The van der Waals surface area contributed by atoms with Crippen molar-refractivity contribution in [3.63, 3.8) is 0 Å². The maximum absolute atomic E-state index is 12.3. The molecule has 0 saturated heterocycles. The van der Waals surface area contributed by atoms with Gasteiger partial charge in [0.05, 0.1) is 5.56 Å². The van der Waals surface area contributed by atoms with E-state index in [-0.39, 0.29) is 0 Å². The highest BCUT2D eigenvalue weighted by atomic mass is 32.9. The van der Waals surface area contributed by atoms with Crippen LogP contribution in [0.3, 0.4) is 0 Å². The average molecular weight is 304 g/mol. The minimum Gasteiger partial charge on any atom is -0.166 e. The van der Waals surface area contributed by atoms with Gasteiger partial charge >= 0.3 is 6.18 Å². The number of halogens is 3. The molecule has 6 heteroatoms. The fourth-order valence-corrected chi connectivity index (χ4v) is 3.51. The molecular weight excluding hydrogens is 297 g/mol. The predicted octanol–water partition coefficient (Wildman–Crippen LogP) is 5.73. The summed E-state index contributed by atoms with van der Waals surface area (Å²) in [5.41, 5.74) is 0.0955. The second-order valence-corrected chi connectivity index (χ2v) is 6.43. The lowest BCUT2D eigenvalue weighted by Crippen LogP contribution is -2.03. The SMILES string of the molecule is FC(F)(F)c1ccc(C=Cc2cc(=S)ss2)cc1. The Morgan fingerprint density at radius 2 is 1.67 bits per heavy atom. The van der Waals surface area contributed by atoms with Crippen LogP contribution < -0.4 is 0 Å². The van der Waals surface area contributed by atoms with E-state index in [1.165, 1.54) is 22.5 Å². The highest BCUT2D eigenvalue weighted by Crippen LogP contribution is 2.29. The van der Waals surface area contributed by atoms with Gasteiger partial charge in [-0.15, -0.1) is 0 Å². The van der Waals surface area contributed by atoms with Gasteiger partial charge in [-0.05, 0) is 29.8 Å². The average Bonchev–Trinajstić information content (AvgIpc) is 2.72. The number of rotatable bonds is 2. The highest BCUT2D eigenvalue weighted by Gasteiger charge is 2.29. The maximum atomic E-state index is 12.3. The number of hydrogen-bond donors (Lipinski definition) is 0. The molecule has 1 heterocycles. The Kier molecular flexibility index (Phi) is 3.99. The van der Waals surface area contributed by atoms with E-state index in [0.29, 0.717) is 0 Å². The first kappa shape index (κ1) is 13.5. The minimum atomic E-state index is -4.28. The van der Waals surface area contributed by atoms with E-state index in [4.69, 9.17) is 12.2 Å². The monoisotopic (exact) mass is 304 g/mol. The summed E-state index contributed by atoms with van der Waals surface area (Å²) in [6, 6.07) is 6.92. The van der Waals surface area contributed by atoms with Gasteiger partial charge < -0.3 is 0 Å². The van der Waals surface area contributed by atoms with Crippen molar-refractivity contribution in [3.05, 3.63) is 50.2 Å². The molecule has 0 unspecified atom stereocenters. The maximum Gasteiger partial charge on any atom is 0.416 e. The van der Waals surface area contributed by atoms with Gasteiger partial charge in [-0.3, -0.25) is 0 Å². The molecule has 0 atom stereocenters. The predicted molar refractivity (Wildman–Crippen MR) is 73.4 cm³/mol. The third kappa shape index (κ3) is 3.51. The van der Waals surface area contributed by atoms with E-state index in [1.54, 1.807) is 16.4 Å².